The van der Waals surface area contributed by atoms with Gasteiger partial charge in [-0.15, -0.1) is 21.9 Å². The number of H-pyrrole nitrogens is 2. The van der Waals surface area contributed by atoms with Gasteiger partial charge in [0.2, 0.25) is 0 Å². The van der Waals surface area contributed by atoms with Crippen molar-refractivity contribution in [3.8, 4) is 44.5 Å². The van der Waals surface area contributed by atoms with Crippen molar-refractivity contribution in [2.75, 3.05) is 0 Å². The maximum Gasteiger partial charge on any atom is 0.402 e. The van der Waals surface area contributed by atoms with Crippen LogP contribution in [0.25, 0.3) is 90.9 Å². The van der Waals surface area contributed by atoms with Gasteiger partial charge in [-0.25, -0.2) is 9.97 Å². The predicted octanol–water partition coefficient (Wildman–Crippen LogP) is -0.185. The van der Waals surface area contributed by atoms with Gasteiger partial charge in [-0.05, 0) is 70.8 Å². The first-order valence-corrected chi connectivity index (χ1v) is 20.1. The molecule has 14 N–H and O–H groups in total. The monoisotopic (exact) mass is 858 g/mol. The fourth-order valence-corrected chi connectivity index (χ4v) is 8.16. The molecule has 16 nitrogen and oxygen atoms in total. The van der Waals surface area contributed by atoms with Crippen LogP contribution in [-0.4, -0.2) is 107 Å². The van der Waals surface area contributed by atoms with E-state index in [9.17, 15) is 60.3 Å². The Morgan fingerprint density at radius 2 is 0.516 bits per heavy atom. The van der Waals surface area contributed by atoms with Gasteiger partial charge >= 0.3 is 27.0 Å². The minimum atomic E-state index is -3.92. The second-order valence-electron chi connectivity index (χ2n) is 15.9. The Kier molecular flexibility index (Phi) is 10.3. The summed E-state index contributed by atoms with van der Waals surface area (Å²) in [5.74, 6) is 0. The third-order valence-corrected chi connectivity index (χ3v) is 11.2. The molecule has 9 rings (SSSR count). The summed E-state index contributed by atoms with van der Waals surface area (Å²) in [6.45, 7) is -15.7. The Morgan fingerprint density at radius 3 is 0.719 bits per heavy atom. The van der Waals surface area contributed by atoms with Crippen LogP contribution in [0.3, 0.4) is 0 Å². The van der Waals surface area contributed by atoms with Gasteiger partial charge in [0, 0.05) is 44.3 Å². The average Bonchev–Trinajstić information content (AvgIpc) is 4.08. The molecule has 5 heterocycles. The summed E-state index contributed by atoms with van der Waals surface area (Å²) in [6, 6.07) is 31.0. The molecule has 2 aliphatic heterocycles. The van der Waals surface area contributed by atoms with E-state index in [-0.39, 0.29) is 21.9 Å². The van der Waals surface area contributed by atoms with Crippen molar-refractivity contribution in [2.24, 2.45) is 0 Å². The fourth-order valence-electron chi connectivity index (χ4n) is 8.16. The SMILES string of the molecule is O[B-](O)(O)c1cccc(-c2c3nc(c(-c4cccc([B-](O)(O)O)c4)c4ccc([nH]4)c(-c4cccc([B-](O)(O)O)c4)c4nc(c(-c5cccc([B-](O)(O)O)c5)c5ccc2[nH]5)C=C4)C=C3)c1. The number of hydrogen-bond donors (Lipinski definition) is 14. The topological polar surface area (TPSA) is 300 Å². The number of hydrogen-bond acceptors (Lipinski definition) is 14. The summed E-state index contributed by atoms with van der Waals surface area (Å²) in [4.78, 5) is 17.0. The molecule has 0 unspecified atom stereocenters. The van der Waals surface area contributed by atoms with Crippen LogP contribution in [0, 0.1) is 0 Å². The predicted molar refractivity (Wildman–Crippen MR) is 249 cm³/mol. The van der Waals surface area contributed by atoms with Crippen LogP contribution in [0.15, 0.2) is 121 Å². The van der Waals surface area contributed by atoms with E-state index >= 15 is 0 Å². The lowest BCUT2D eigenvalue weighted by Gasteiger charge is -2.22. The van der Waals surface area contributed by atoms with E-state index in [2.05, 4.69) is 9.97 Å². The molecule has 0 fully saturated rings. The second-order valence-corrected chi connectivity index (χ2v) is 15.9. The minimum Gasteiger partial charge on any atom is -0.556 e. The molecule has 3 aromatic heterocycles. The molecule has 0 atom stereocenters. The Morgan fingerprint density at radius 1 is 0.297 bits per heavy atom. The van der Waals surface area contributed by atoms with Crippen molar-refractivity contribution in [1.29, 1.82) is 0 Å². The van der Waals surface area contributed by atoms with E-state index in [1.54, 1.807) is 72.8 Å². The van der Waals surface area contributed by atoms with Crippen LogP contribution in [0.4, 0.5) is 0 Å². The molecule has 0 radical (unpaired) electrons. The lowest BCUT2D eigenvalue weighted by atomic mass is 9.70. The van der Waals surface area contributed by atoms with Gasteiger partial charge in [-0.3, -0.25) is 0 Å². The number of aromatic amines is 2. The first-order chi connectivity index (χ1) is 30.2. The summed E-state index contributed by atoms with van der Waals surface area (Å²) in [7, 11) is 0. The zero-order chi connectivity index (χ0) is 45.3. The quantitative estimate of drug-likeness (QED) is 0.0883. The number of fused-ring (bicyclic) bond motifs is 8. The molecular weight excluding hydrogens is 820 g/mol. The maximum atomic E-state index is 10.3. The van der Waals surface area contributed by atoms with Crippen LogP contribution in [0.5, 0.6) is 0 Å². The summed E-state index contributed by atoms with van der Waals surface area (Å²) >= 11 is 0. The standard InChI is InChI=1S/C44H38B4N4O12/c53-45(54,55)29-9-1-5-25(21-29)41-33-13-15-35(49-33)42(26-6-2-10-30(22-26)46(56,57)58)37-17-19-39(51-37)44(28-8-4-12-32(24-28)48(62,63)64)40-20-18-38(52-40)43(36-16-14-34(41)50-36)27-7-3-11-31(23-27)47(59,60)61/h1-24,49,52-64H/q-4. The van der Waals surface area contributed by atoms with Crippen molar-refractivity contribution < 1.29 is 60.3 Å². The van der Waals surface area contributed by atoms with E-state index in [0.717, 1.165) is 0 Å². The van der Waals surface area contributed by atoms with Gasteiger partial charge in [0.1, 0.15) is 0 Å². The van der Waals surface area contributed by atoms with Crippen LogP contribution < -0.4 is 21.9 Å². The Balaban J connectivity index is 1.47. The Bertz CT molecular complexity index is 2830. The van der Waals surface area contributed by atoms with E-state index in [4.69, 9.17) is 9.97 Å². The number of rotatable bonds is 8. The van der Waals surface area contributed by atoms with Gasteiger partial charge in [-0.2, -0.15) is 0 Å². The minimum absolute atomic E-state index is 0.178. The Hall–Kier alpha value is -6.74. The smallest absolute Gasteiger partial charge is 0.402 e. The van der Waals surface area contributed by atoms with E-state index in [1.165, 1.54) is 72.8 Å². The highest BCUT2D eigenvalue weighted by Gasteiger charge is 2.25. The van der Waals surface area contributed by atoms with Crippen molar-refractivity contribution >= 4 is 95.2 Å². The van der Waals surface area contributed by atoms with Crippen LogP contribution in [-0.2, 0) is 0 Å². The molecule has 2 aliphatic rings. The first kappa shape index (κ1) is 42.6. The average molecular weight is 858 g/mol. The van der Waals surface area contributed by atoms with Gasteiger partial charge in [0.15, 0.2) is 0 Å². The van der Waals surface area contributed by atoms with Crippen LogP contribution >= 0.6 is 0 Å². The number of benzene rings is 4. The molecule has 4 aromatic carbocycles. The molecule has 8 bridgehead atoms. The third-order valence-electron chi connectivity index (χ3n) is 11.2. The Labute approximate surface area is 363 Å². The van der Waals surface area contributed by atoms with Crippen LogP contribution in [0.1, 0.15) is 22.8 Å². The largest absolute Gasteiger partial charge is 0.556 e. The summed E-state index contributed by atoms with van der Waals surface area (Å²) in [6.07, 6.45) is 6.88. The normalized spacial score (nSPS) is 13.2. The van der Waals surface area contributed by atoms with Crippen molar-refractivity contribution in [2.45, 2.75) is 0 Å². The number of aromatic nitrogens is 4. The van der Waals surface area contributed by atoms with Gasteiger partial charge < -0.3 is 70.3 Å². The zero-order valence-corrected chi connectivity index (χ0v) is 33.4. The number of nitrogens with zero attached hydrogens (tertiary/aromatic N) is 2. The molecule has 0 spiro atoms. The molecule has 20 heteroatoms. The highest BCUT2D eigenvalue weighted by Crippen LogP contribution is 2.38. The summed E-state index contributed by atoms with van der Waals surface area (Å²) in [5.41, 5.74) is 5.92. The maximum absolute atomic E-state index is 10.3. The van der Waals surface area contributed by atoms with Gasteiger partial charge in [0.05, 0.1) is 22.8 Å². The molecule has 0 aliphatic carbocycles. The lowest BCUT2D eigenvalue weighted by molar-refractivity contribution is 0.248. The van der Waals surface area contributed by atoms with Crippen molar-refractivity contribution in [1.82, 2.24) is 19.9 Å². The summed E-state index contributed by atoms with van der Waals surface area (Å²) < 4.78 is 0. The highest BCUT2D eigenvalue weighted by atomic mass is 16.6. The molecule has 322 valence electrons. The fraction of sp³-hybridized carbons (Fsp3) is 0. The summed E-state index contributed by atoms with van der Waals surface area (Å²) in [5, 5.41) is 123. The molecule has 0 saturated carbocycles. The van der Waals surface area contributed by atoms with Crippen molar-refractivity contribution in [3.05, 3.63) is 144 Å². The first-order valence-electron chi connectivity index (χ1n) is 20.1. The van der Waals surface area contributed by atoms with Gasteiger partial charge in [0.25, 0.3) is 0 Å². The highest BCUT2D eigenvalue weighted by molar-refractivity contribution is 6.73. The molecule has 64 heavy (non-hydrogen) atoms. The van der Waals surface area contributed by atoms with E-state index < -0.39 is 27.0 Å². The molecular formula is C44H38B4N4O12-4. The van der Waals surface area contributed by atoms with Crippen LogP contribution in [0.2, 0.25) is 0 Å². The van der Waals surface area contributed by atoms with E-state index in [1.807, 2.05) is 0 Å². The van der Waals surface area contributed by atoms with E-state index in [0.29, 0.717) is 89.4 Å². The molecule has 0 saturated heterocycles. The second kappa shape index (κ2) is 15.5. The zero-order valence-electron chi connectivity index (χ0n) is 33.4. The van der Waals surface area contributed by atoms with Crippen molar-refractivity contribution in [3.63, 3.8) is 0 Å². The van der Waals surface area contributed by atoms with Gasteiger partial charge in [-0.1, -0.05) is 97.1 Å². The molecule has 7 aromatic rings. The molecule has 0 amide bonds. The third kappa shape index (κ3) is 8.15. The lowest BCUT2D eigenvalue weighted by Crippen LogP contribution is -2.48. The number of nitrogens with one attached hydrogen (secondary N) is 2.